The van der Waals surface area contributed by atoms with Gasteiger partial charge in [-0.15, -0.1) is 0 Å². The first-order valence-electron chi connectivity index (χ1n) is 10.6. The molecule has 1 aliphatic rings. The van der Waals surface area contributed by atoms with E-state index < -0.39 is 16.0 Å². The first-order chi connectivity index (χ1) is 16.2. The van der Waals surface area contributed by atoms with Crippen LogP contribution in [0.15, 0.2) is 47.6 Å². The summed E-state index contributed by atoms with van der Waals surface area (Å²) in [4.78, 5) is 22.2. The van der Waals surface area contributed by atoms with Crippen LogP contribution in [0.3, 0.4) is 0 Å². The predicted octanol–water partition coefficient (Wildman–Crippen LogP) is 3.44. The number of halogens is 2. The van der Waals surface area contributed by atoms with Crippen molar-refractivity contribution in [1.82, 2.24) is 19.2 Å². The molecule has 12 heteroatoms. The van der Waals surface area contributed by atoms with E-state index in [2.05, 4.69) is 20.2 Å². The second-order valence-corrected chi connectivity index (χ2v) is 10.8. The summed E-state index contributed by atoms with van der Waals surface area (Å²) < 4.78 is 27.4. The molecule has 2 aromatic carbocycles. The molecule has 1 aliphatic heterocycles. The number of para-hydroxylation sites is 1. The Morgan fingerprint density at radius 2 is 1.85 bits per heavy atom. The molecule has 34 heavy (non-hydrogen) atoms. The average Bonchev–Trinajstić information content (AvgIpc) is 2.81. The highest BCUT2D eigenvalue weighted by molar-refractivity contribution is 7.89. The highest BCUT2D eigenvalue weighted by Gasteiger charge is 2.29. The van der Waals surface area contributed by atoms with Crippen LogP contribution in [0.4, 0.5) is 5.82 Å². The normalized spacial score (nSPS) is 16.4. The number of aromatic carboxylic acids is 1. The van der Waals surface area contributed by atoms with Crippen LogP contribution in [0.1, 0.15) is 17.3 Å². The van der Waals surface area contributed by atoms with E-state index in [9.17, 15) is 18.3 Å². The number of hydrogen-bond acceptors (Lipinski definition) is 7. The zero-order chi connectivity index (χ0) is 24.5. The average molecular weight is 524 g/mol. The van der Waals surface area contributed by atoms with Gasteiger partial charge in [-0.3, -0.25) is 4.90 Å². The number of carboxylic acids is 1. The Hall–Kier alpha value is -2.50. The molecule has 4 rings (SSSR count). The Morgan fingerprint density at radius 3 is 2.53 bits per heavy atom. The molecular weight excluding hydrogens is 501 g/mol. The molecule has 1 fully saturated rings. The standard InChI is InChI=1S/C22H23Cl2N5O4S/c1-14(27-21-16-3-2-4-17(22(30)31)20(16)25-13-26-21)12-28-7-9-29(10-8-28)34(32,33)15-5-6-18(23)19(24)11-15/h2-6,11,13-14H,7-10,12H2,1H3,(H,30,31)(H,25,26,27). The highest BCUT2D eigenvalue weighted by atomic mass is 35.5. The molecule has 2 heterocycles. The summed E-state index contributed by atoms with van der Waals surface area (Å²) in [6, 6.07) is 9.25. The molecule has 1 unspecified atom stereocenters. The molecule has 0 amide bonds. The van der Waals surface area contributed by atoms with E-state index in [1.165, 1.54) is 34.9 Å². The number of rotatable bonds is 7. The second kappa shape index (κ2) is 10.0. The number of aromatic nitrogens is 2. The van der Waals surface area contributed by atoms with Gasteiger partial charge >= 0.3 is 5.97 Å². The van der Waals surface area contributed by atoms with Crippen LogP contribution in [0.25, 0.3) is 10.9 Å². The molecule has 1 aromatic heterocycles. The van der Waals surface area contributed by atoms with Crippen LogP contribution in [0, 0.1) is 0 Å². The summed E-state index contributed by atoms with van der Waals surface area (Å²) >= 11 is 11.9. The van der Waals surface area contributed by atoms with E-state index >= 15 is 0 Å². The van der Waals surface area contributed by atoms with Crippen molar-refractivity contribution in [3.05, 3.63) is 58.3 Å². The van der Waals surface area contributed by atoms with Crippen molar-refractivity contribution >= 4 is 55.9 Å². The zero-order valence-corrected chi connectivity index (χ0v) is 20.6. The van der Waals surface area contributed by atoms with Crippen molar-refractivity contribution in [3.8, 4) is 0 Å². The summed E-state index contributed by atoms with van der Waals surface area (Å²) in [5.74, 6) is -0.488. The van der Waals surface area contributed by atoms with Gasteiger partial charge in [-0.05, 0) is 37.3 Å². The quantitative estimate of drug-likeness (QED) is 0.483. The van der Waals surface area contributed by atoms with Crippen LogP contribution >= 0.6 is 23.2 Å². The minimum Gasteiger partial charge on any atom is -0.478 e. The number of nitrogens with one attached hydrogen (secondary N) is 1. The maximum atomic E-state index is 13.0. The van der Waals surface area contributed by atoms with Crippen molar-refractivity contribution < 1.29 is 18.3 Å². The van der Waals surface area contributed by atoms with Gasteiger partial charge < -0.3 is 10.4 Å². The van der Waals surface area contributed by atoms with Gasteiger partial charge in [0.2, 0.25) is 10.0 Å². The number of hydrogen-bond donors (Lipinski definition) is 2. The molecule has 9 nitrogen and oxygen atoms in total. The number of sulfonamides is 1. The van der Waals surface area contributed by atoms with Gasteiger partial charge in [0.1, 0.15) is 12.1 Å². The van der Waals surface area contributed by atoms with Gasteiger partial charge in [0.25, 0.3) is 0 Å². The van der Waals surface area contributed by atoms with Crippen molar-refractivity contribution in [2.45, 2.75) is 17.9 Å². The first kappa shape index (κ1) is 24.6. The Labute approximate surface area is 207 Å². The molecule has 3 aromatic rings. The van der Waals surface area contributed by atoms with Gasteiger partial charge in [0.15, 0.2) is 0 Å². The number of benzene rings is 2. The fourth-order valence-corrected chi connectivity index (χ4v) is 5.79. The van der Waals surface area contributed by atoms with Crippen molar-refractivity contribution in [2.75, 3.05) is 38.0 Å². The number of carbonyl (C=O) groups is 1. The van der Waals surface area contributed by atoms with Gasteiger partial charge in [-0.2, -0.15) is 4.31 Å². The maximum absolute atomic E-state index is 13.0. The molecule has 0 radical (unpaired) electrons. The lowest BCUT2D eigenvalue weighted by atomic mass is 10.1. The molecule has 0 spiro atoms. The van der Waals surface area contributed by atoms with E-state index in [4.69, 9.17) is 23.2 Å². The van der Waals surface area contributed by atoms with Crippen molar-refractivity contribution in [3.63, 3.8) is 0 Å². The molecule has 0 bridgehead atoms. The second-order valence-electron chi connectivity index (χ2n) is 8.06. The Balaban J connectivity index is 1.39. The highest BCUT2D eigenvalue weighted by Crippen LogP contribution is 2.27. The van der Waals surface area contributed by atoms with Crippen molar-refractivity contribution in [2.24, 2.45) is 0 Å². The fourth-order valence-electron chi connectivity index (χ4n) is 3.98. The van der Waals surface area contributed by atoms with E-state index in [1.807, 2.05) is 6.92 Å². The minimum atomic E-state index is -3.65. The molecule has 1 saturated heterocycles. The number of carboxylic acid groups (broad SMARTS) is 1. The summed E-state index contributed by atoms with van der Waals surface area (Å²) in [5.41, 5.74) is 0.496. The molecular formula is C22H23Cl2N5O4S. The smallest absolute Gasteiger partial charge is 0.337 e. The minimum absolute atomic E-state index is 0.0233. The Kier molecular flexibility index (Phi) is 7.25. The Morgan fingerprint density at radius 1 is 1.12 bits per heavy atom. The molecule has 0 aliphatic carbocycles. The molecule has 1 atom stereocenters. The van der Waals surface area contributed by atoms with Crippen LogP contribution in [-0.2, 0) is 10.0 Å². The lowest BCUT2D eigenvalue weighted by molar-refractivity contribution is 0.0699. The van der Waals surface area contributed by atoms with Gasteiger partial charge in [-0.1, -0.05) is 29.3 Å². The van der Waals surface area contributed by atoms with Gasteiger partial charge in [0.05, 0.1) is 26.0 Å². The number of fused-ring (bicyclic) bond motifs is 1. The third-order valence-electron chi connectivity index (χ3n) is 5.67. The summed E-state index contributed by atoms with van der Waals surface area (Å²) in [6.45, 7) is 4.50. The number of nitrogens with zero attached hydrogens (tertiary/aromatic N) is 4. The number of anilines is 1. The van der Waals surface area contributed by atoms with Gasteiger partial charge in [0, 0.05) is 44.2 Å². The van der Waals surface area contributed by atoms with Crippen LogP contribution in [0.2, 0.25) is 10.0 Å². The molecule has 0 saturated carbocycles. The lowest BCUT2D eigenvalue weighted by Crippen LogP contribution is -2.50. The van der Waals surface area contributed by atoms with Crippen LogP contribution < -0.4 is 5.32 Å². The topological polar surface area (TPSA) is 116 Å². The summed E-state index contributed by atoms with van der Waals surface area (Å²) in [5, 5.41) is 13.9. The number of piperazine rings is 1. The largest absolute Gasteiger partial charge is 0.478 e. The third-order valence-corrected chi connectivity index (χ3v) is 8.30. The van der Waals surface area contributed by atoms with Crippen molar-refractivity contribution in [1.29, 1.82) is 0 Å². The first-order valence-corrected chi connectivity index (χ1v) is 12.8. The van der Waals surface area contributed by atoms with E-state index in [0.717, 1.165) is 0 Å². The van der Waals surface area contributed by atoms with E-state index in [0.29, 0.717) is 54.5 Å². The summed E-state index contributed by atoms with van der Waals surface area (Å²) in [7, 11) is -3.65. The third kappa shape index (κ3) is 5.11. The van der Waals surface area contributed by atoms with E-state index in [1.54, 1.807) is 12.1 Å². The SMILES string of the molecule is CC(CN1CCN(S(=O)(=O)c2ccc(Cl)c(Cl)c2)CC1)Nc1ncnc2c(C(=O)O)cccc12. The van der Waals surface area contributed by atoms with E-state index in [-0.39, 0.29) is 21.5 Å². The Bertz CT molecular complexity index is 1330. The molecule has 2 N–H and O–H groups in total. The zero-order valence-electron chi connectivity index (χ0n) is 18.3. The van der Waals surface area contributed by atoms with Crippen LogP contribution in [0.5, 0.6) is 0 Å². The predicted molar refractivity (Wildman–Crippen MR) is 131 cm³/mol. The fraction of sp³-hybridized carbons (Fsp3) is 0.318. The van der Waals surface area contributed by atoms with Gasteiger partial charge in [-0.25, -0.2) is 23.2 Å². The monoisotopic (exact) mass is 523 g/mol. The maximum Gasteiger partial charge on any atom is 0.337 e. The van der Waals surface area contributed by atoms with Crippen LogP contribution in [-0.4, -0.2) is 77.4 Å². The molecule has 180 valence electrons. The summed E-state index contributed by atoms with van der Waals surface area (Å²) in [6.07, 6.45) is 1.34. The lowest BCUT2D eigenvalue weighted by Gasteiger charge is -2.35.